The molecule has 28 heavy (non-hydrogen) atoms. The molecule has 1 aliphatic rings. The van der Waals surface area contributed by atoms with Crippen molar-refractivity contribution in [1.82, 2.24) is 10.3 Å². The molecule has 10 heteroatoms. The molecule has 1 saturated heterocycles. The molecule has 0 atom stereocenters. The number of anilines is 2. The van der Waals surface area contributed by atoms with Crippen molar-refractivity contribution in [2.45, 2.75) is 13.8 Å². The number of amides is 1. The van der Waals surface area contributed by atoms with Crippen LogP contribution >= 0.6 is 23.1 Å². The first-order chi connectivity index (χ1) is 13.5. The van der Waals surface area contributed by atoms with Crippen LogP contribution in [0.5, 0.6) is 0 Å². The highest BCUT2D eigenvalue weighted by Crippen LogP contribution is 2.27. The fraction of sp³-hybridized carbons (Fsp3) is 0.167. The smallest absolute Gasteiger partial charge is 0.331 e. The summed E-state index contributed by atoms with van der Waals surface area (Å²) in [5.41, 5.74) is 2.45. The number of carbonyl (C=O) groups excluding carboxylic acids is 2. The van der Waals surface area contributed by atoms with Gasteiger partial charge in [-0.25, -0.2) is 9.78 Å². The number of esters is 1. The van der Waals surface area contributed by atoms with Crippen LogP contribution in [0.4, 0.5) is 10.8 Å². The lowest BCUT2D eigenvalue weighted by molar-refractivity contribution is -0.135. The van der Waals surface area contributed by atoms with E-state index in [0.717, 1.165) is 39.2 Å². The van der Waals surface area contributed by atoms with Gasteiger partial charge in [0.25, 0.3) is 5.91 Å². The molecule has 0 unspecified atom stereocenters. The molecule has 0 spiro atoms. The van der Waals surface area contributed by atoms with Crippen molar-refractivity contribution in [3.05, 3.63) is 51.9 Å². The highest BCUT2D eigenvalue weighted by molar-refractivity contribution is 8.18. The number of ether oxygens (including phenoxy) is 1. The Labute approximate surface area is 169 Å². The fourth-order valence-corrected chi connectivity index (χ4v) is 3.90. The molecule has 144 valence electrons. The van der Waals surface area contributed by atoms with Crippen LogP contribution in [-0.4, -0.2) is 34.8 Å². The molecule has 0 aliphatic carbocycles. The molecule has 2 N–H and O–H groups in total. The topological polar surface area (TPSA) is 105 Å². The van der Waals surface area contributed by atoms with E-state index in [2.05, 4.69) is 30.6 Å². The number of para-hydroxylation sites is 1. The van der Waals surface area contributed by atoms with Gasteiger partial charge in [0.2, 0.25) is 0 Å². The van der Waals surface area contributed by atoms with Crippen molar-refractivity contribution in [3.8, 4) is 0 Å². The van der Waals surface area contributed by atoms with Crippen LogP contribution in [0, 0.1) is 6.92 Å². The zero-order chi connectivity index (χ0) is 20.1. The Morgan fingerprint density at radius 3 is 2.79 bits per heavy atom. The van der Waals surface area contributed by atoms with E-state index in [9.17, 15) is 9.59 Å². The van der Waals surface area contributed by atoms with E-state index in [4.69, 9.17) is 0 Å². The summed E-state index contributed by atoms with van der Waals surface area (Å²) in [6, 6.07) is 9.77. The average molecular weight is 416 g/mol. The van der Waals surface area contributed by atoms with Crippen LogP contribution in [0.15, 0.2) is 51.5 Å². The first kappa shape index (κ1) is 19.8. The lowest BCUT2D eigenvalue weighted by atomic mass is 10.3. The van der Waals surface area contributed by atoms with Crippen LogP contribution < -0.4 is 10.6 Å². The molecule has 1 aromatic heterocycles. The number of thioether (sulfide) groups is 1. The SMILES string of the molecule is COC(=O)/C=C1/S/C(=N\N=C(/C)c2sc(Nc3ccccc3)nc2C)NC1=O. The van der Waals surface area contributed by atoms with Crippen LogP contribution in [0.2, 0.25) is 0 Å². The van der Waals surface area contributed by atoms with Gasteiger partial charge in [-0.2, -0.15) is 5.10 Å². The van der Waals surface area contributed by atoms with E-state index in [0.29, 0.717) is 10.9 Å². The maximum absolute atomic E-state index is 11.8. The summed E-state index contributed by atoms with van der Waals surface area (Å²) in [5.74, 6) is -1.01. The molecule has 1 amide bonds. The van der Waals surface area contributed by atoms with Gasteiger partial charge in [0.15, 0.2) is 10.3 Å². The van der Waals surface area contributed by atoms with Gasteiger partial charge in [-0.3, -0.25) is 10.1 Å². The number of hydrogen-bond donors (Lipinski definition) is 2. The number of hydrogen-bond acceptors (Lipinski definition) is 9. The van der Waals surface area contributed by atoms with Gasteiger partial charge >= 0.3 is 5.97 Å². The molecule has 8 nitrogen and oxygen atoms in total. The first-order valence-corrected chi connectivity index (χ1v) is 9.80. The zero-order valence-electron chi connectivity index (χ0n) is 15.3. The number of aryl methyl sites for hydroxylation is 1. The van der Waals surface area contributed by atoms with E-state index in [-0.39, 0.29) is 4.91 Å². The Morgan fingerprint density at radius 2 is 2.07 bits per heavy atom. The van der Waals surface area contributed by atoms with Crippen LogP contribution in [0.25, 0.3) is 0 Å². The zero-order valence-corrected chi connectivity index (χ0v) is 17.0. The van der Waals surface area contributed by atoms with Crippen LogP contribution in [0.1, 0.15) is 17.5 Å². The summed E-state index contributed by atoms with van der Waals surface area (Å²) in [6.45, 7) is 3.72. The predicted molar refractivity (Wildman–Crippen MR) is 112 cm³/mol. The number of nitrogens with one attached hydrogen (secondary N) is 2. The molecular weight excluding hydrogens is 398 g/mol. The van der Waals surface area contributed by atoms with Gasteiger partial charge in [-0.1, -0.05) is 29.5 Å². The van der Waals surface area contributed by atoms with E-state index in [1.54, 1.807) is 0 Å². The normalized spacial score (nSPS) is 17.1. The van der Waals surface area contributed by atoms with Crippen molar-refractivity contribution >= 4 is 56.7 Å². The second kappa shape index (κ2) is 8.81. The molecule has 1 aliphatic heterocycles. The van der Waals surface area contributed by atoms with E-state index < -0.39 is 11.9 Å². The summed E-state index contributed by atoms with van der Waals surface area (Å²) in [7, 11) is 1.25. The Morgan fingerprint density at radius 1 is 1.32 bits per heavy atom. The predicted octanol–water partition coefficient (Wildman–Crippen LogP) is 3.20. The molecule has 1 fully saturated rings. The lowest BCUT2D eigenvalue weighted by Gasteiger charge is -2.00. The molecule has 2 heterocycles. The van der Waals surface area contributed by atoms with Crippen LogP contribution in [0.3, 0.4) is 0 Å². The highest BCUT2D eigenvalue weighted by Gasteiger charge is 2.25. The summed E-state index contributed by atoms with van der Waals surface area (Å²) in [6.07, 6.45) is 1.12. The van der Waals surface area contributed by atoms with Gasteiger partial charge in [-0.15, -0.1) is 5.10 Å². The van der Waals surface area contributed by atoms with Gasteiger partial charge < -0.3 is 10.1 Å². The Kier molecular flexibility index (Phi) is 6.22. The van der Waals surface area contributed by atoms with Crippen molar-refractivity contribution in [2.24, 2.45) is 10.2 Å². The van der Waals surface area contributed by atoms with Crippen molar-refractivity contribution in [1.29, 1.82) is 0 Å². The minimum absolute atomic E-state index is 0.210. The average Bonchev–Trinajstić information content (AvgIpc) is 3.22. The third kappa shape index (κ3) is 4.84. The standard InChI is InChI=1S/C18H17N5O3S2/c1-10-15(28-17(19-10)20-12-7-5-4-6-8-12)11(2)22-23-18-21-16(25)13(27-18)9-14(24)26-3/h4-9H,1-3H3,(H,19,20)(H,21,23,25)/b13-9+,22-11+. The quantitative estimate of drug-likeness (QED) is 0.336. The number of aromatic nitrogens is 1. The summed E-state index contributed by atoms with van der Waals surface area (Å²) < 4.78 is 4.52. The van der Waals surface area contributed by atoms with Crippen molar-refractivity contribution in [3.63, 3.8) is 0 Å². The number of thiazole rings is 1. The maximum Gasteiger partial charge on any atom is 0.331 e. The first-order valence-electron chi connectivity index (χ1n) is 8.17. The Bertz CT molecular complexity index is 996. The molecule has 0 saturated carbocycles. The summed E-state index contributed by atoms with van der Waals surface area (Å²) >= 11 is 2.50. The third-order valence-electron chi connectivity index (χ3n) is 3.54. The third-order valence-corrected chi connectivity index (χ3v) is 5.62. The second-order valence-corrected chi connectivity index (χ2v) is 7.63. The number of carbonyl (C=O) groups is 2. The van der Waals surface area contributed by atoms with Gasteiger partial charge in [-0.05, 0) is 37.7 Å². The Balaban J connectivity index is 1.74. The number of nitrogens with zero attached hydrogens (tertiary/aromatic N) is 3. The minimum atomic E-state index is -0.600. The van der Waals surface area contributed by atoms with Crippen LogP contribution in [-0.2, 0) is 14.3 Å². The molecule has 0 bridgehead atoms. The highest BCUT2D eigenvalue weighted by atomic mass is 32.2. The van der Waals surface area contributed by atoms with Crippen molar-refractivity contribution in [2.75, 3.05) is 12.4 Å². The molecular formula is C18H17N5O3S2. The number of amidine groups is 1. The number of rotatable bonds is 5. The molecule has 3 rings (SSSR count). The number of methoxy groups -OCH3 is 1. The van der Waals surface area contributed by atoms with E-state index in [1.807, 2.05) is 44.2 Å². The molecule has 1 aromatic carbocycles. The fourth-order valence-electron chi connectivity index (χ4n) is 2.24. The summed E-state index contributed by atoms with van der Waals surface area (Å²) in [5, 5.41) is 15.1. The van der Waals surface area contributed by atoms with Gasteiger partial charge in [0.05, 0.1) is 28.3 Å². The number of benzene rings is 1. The maximum atomic E-state index is 11.8. The van der Waals surface area contributed by atoms with Crippen molar-refractivity contribution < 1.29 is 14.3 Å². The molecule has 2 aromatic rings. The summed E-state index contributed by atoms with van der Waals surface area (Å²) in [4.78, 5) is 28.7. The van der Waals surface area contributed by atoms with E-state index in [1.165, 1.54) is 18.4 Å². The lowest BCUT2D eigenvalue weighted by Crippen LogP contribution is -2.19. The largest absolute Gasteiger partial charge is 0.466 e. The van der Waals surface area contributed by atoms with Gasteiger partial charge in [0, 0.05) is 11.8 Å². The van der Waals surface area contributed by atoms with E-state index >= 15 is 0 Å². The second-order valence-electron chi connectivity index (χ2n) is 5.60. The molecule has 0 radical (unpaired) electrons. The minimum Gasteiger partial charge on any atom is -0.466 e. The van der Waals surface area contributed by atoms with Gasteiger partial charge in [0.1, 0.15) is 0 Å². The Hall–Kier alpha value is -2.98. The monoisotopic (exact) mass is 415 g/mol.